The summed E-state index contributed by atoms with van der Waals surface area (Å²) in [5.74, 6) is 2.42. The maximum absolute atomic E-state index is 6.38. The second-order valence-electron chi connectivity index (χ2n) is 13.9. The number of furan rings is 1. The molecule has 0 N–H and O–H groups in total. The van der Waals surface area contributed by atoms with Gasteiger partial charge in [0.05, 0.1) is 16.6 Å². The highest BCUT2D eigenvalue weighted by Gasteiger charge is 2.23. The molecule has 11 aromatic rings. The van der Waals surface area contributed by atoms with Crippen molar-refractivity contribution in [2.24, 2.45) is 0 Å². The lowest BCUT2D eigenvalue weighted by Gasteiger charge is -2.15. The summed E-state index contributed by atoms with van der Waals surface area (Å²) in [6, 6.07) is 62.3. The molecule has 0 atom stereocenters. The summed E-state index contributed by atoms with van der Waals surface area (Å²) in [6.07, 6.45) is 1.97. The van der Waals surface area contributed by atoms with E-state index in [0.29, 0.717) is 17.5 Å². The van der Waals surface area contributed by atoms with E-state index in [2.05, 4.69) is 108 Å². The van der Waals surface area contributed by atoms with Crippen molar-refractivity contribution in [3.05, 3.63) is 188 Å². The molecule has 0 aliphatic carbocycles. The Balaban J connectivity index is 1.22. The van der Waals surface area contributed by atoms with Crippen molar-refractivity contribution in [1.82, 2.24) is 24.5 Å². The van der Waals surface area contributed by atoms with Crippen LogP contribution in [0.5, 0.6) is 0 Å². The Labute approximate surface area is 322 Å². The van der Waals surface area contributed by atoms with Gasteiger partial charge in [-0.1, -0.05) is 146 Å². The van der Waals surface area contributed by atoms with Gasteiger partial charge in [-0.2, -0.15) is 0 Å². The van der Waals surface area contributed by atoms with Crippen LogP contribution in [0.25, 0.3) is 106 Å². The van der Waals surface area contributed by atoms with Gasteiger partial charge in [0, 0.05) is 44.4 Å². The third kappa shape index (κ3) is 5.27. The summed E-state index contributed by atoms with van der Waals surface area (Å²) in [7, 11) is 0. The van der Waals surface area contributed by atoms with E-state index in [9.17, 15) is 0 Å². The smallest absolute Gasteiger partial charge is 0.167 e. The molecule has 0 saturated carbocycles. The van der Waals surface area contributed by atoms with Crippen molar-refractivity contribution in [3.63, 3.8) is 0 Å². The summed E-state index contributed by atoms with van der Waals surface area (Å²) in [4.78, 5) is 20.8. The zero-order valence-electron chi connectivity index (χ0n) is 30.0. The molecule has 0 fully saturated rings. The Bertz CT molecular complexity index is 3190. The van der Waals surface area contributed by atoms with Crippen molar-refractivity contribution < 1.29 is 4.42 Å². The fraction of sp³-hybridized carbons (Fsp3) is 0. The second kappa shape index (κ2) is 13.0. The molecule has 0 aliphatic heterocycles. The number of pyridine rings is 1. The Hall–Kier alpha value is -7.70. The van der Waals surface area contributed by atoms with Crippen LogP contribution >= 0.6 is 0 Å². The minimum atomic E-state index is 0.530. The van der Waals surface area contributed by atoms with E-state index < -0.39 is 0 Å². The first-order valence-electron chi connectivity index (χ1n) is 18.6. The van der Waals surface area contributed by atoms with Crippen LogP contribution in [0.4, 0.5) is 0 Å². The third-order valence-corrected chi connectivity index (χ3v) is 10.5. The first-order valence-corrected chi connectivity index (χ1v) is 18.6. The fourth-order valence-corrected chi connectivity index (χ4v) is 7.90. The Kier molecular flexibility index (Phi) is 7.38. The summed E-state index contributed by atoms with van der Waals surface area (Å²) in [5.41, 5.74) is 10.6. The van der Waals surface area contributed by atoms with E-state index in [1.807, 2.05) is 85.1 Å². The van der Waals surface area contributed by atoms with Crippen LogP contribution in [0.1, 0.15) is 0 Å². The molecule has 0 saturated heterocycles. The van der Waals surface area contributed by atoms with Crippen LogP contribution in [0.3, 0.4) is 0 Å². The summed E-state index contributed by atoms with van der Waals surface area (Å²) < 4.78 is 8.63. The molecule has 56 heavy (non-hydrogen) atoms. The summed E-state index contributed by atoms with van der Waals surface area (Å²) in [6.45, 7) is 0. The van der Waals surface area contributed by atoms with Gasteiger partial charge < -0.3 is 4.42 Å². The average molecular weight is 718 g/mol. The topological polar surface area (TPSA) is 69.6 Å². The second-order valence-corrected chi connectivity index (χ2v) is 13.9. The molecule has 0 bridgehead atoms. The molecule has 0 spiro atoms. The molecule has 0 radical (unpaired) electrons. The summed E-state index contributed by atoms with van der Waals surface area (Å²) >= 11 is 0. The van der Waals surface area contributed by atoms with Crippen LogP contribution in [0.2, 0.25) is 0 Å². The maximum Gasteiger partial charge on any atom is 0.167 e. The zero-order chi connectivity index (χ0) is 37.0. The largest absolute Gasteiger partial charge is 0.456 e. The van der Waals surface area contributed by atoms with Crippen molar-refractivity contribution in [1.29, 1.82) is 0 Å². The van der Waals surface area contributed by atoms with Crippen LogP contribution in [-0.2, 0) is 0 Å². The Morgan fingerprint density at radius 3 is 1.66 bits per heavy atom. The lowest BCUT2D eigenvalue weighted by Crippen LogP contribution is -2.05. The van der Waals surface area contributed by atoms with E-state index >= 15 is 0 Å². The molecular weight excluding hydrogens is 687 g/mol. The SMILES string of the molecule is c1ccc(-c2cccc(-c3cnc(-n4c5ccccc5c5c6c(ccc54)oc4ccccc46)c(-c4nc(-c5ccccc5)nc(-c5ccccc5)n4)c3)c2)cc1. The summed E-state index contributed by atoms with van der Waals surface area (Å²) in [5, 5.41) is 4.39. The van der Waals surface area contributed by atoms with Gasteiger partial charge in [-0.25, -0.2) is 19.9 Å². The minimum absolute atomic E-state index is 0.530. The fourth-order valence-electron chi connectivity index (χ4n) is 7.90. The van der Waals surface area contributed by atoms with E-state index in [0.717, 1.165) is 88.5 Å². The van der Waals surface area contributed by atoms with E-state index in [1.54, 1.807) is 0 Å². The van der Waals surface area contributed by atoms with E-state index in [4.69, 9.17) is 24.4 Å². The number of rotatable bonds is 6. The average Bonchev–Trinajstić information content (AvgIpc) is 3.83. The zero-order valence-corrected chi connectivity index (χ0v) is 30.0. The van der Waals surface area contributed by atoms with Gasteiger partial charge in [0.15, 0.2) is 17.5 Å². The van der Waals surface area contributed by atoms with Crippen LogP contribution in [0, 0.1) is 0 Å². The highest BCUT2D eigenvalue weighted by molar-refractivity contribution is 6.27. The van der Waals surface area contributed by atoms with E-state index in [1.165, 1.54) is 0 Å². The van der Waals surface area contributed by atoms with Crippen LogP contribution < -0.4 is 0 Å². The van der Waals surface area contributed by atoms with Crippen molar-refractivity contribution in [2.45, 2.75) is 0 Å². The van der Waals surface area contributed by atoms with Gasteiger partial charge in [-0.05, 0) is 53.1 Å². The Morgan fingerprint density at radius 1 is 0.375 bits per heavy atom. The predicted molar refractivity (Wildman–Crippen MR) is 226 cm³/mol. The van der Waals surface area contributed by atoms with Gasteiger partial charge >= 0.3 is 0 Å². The highest BCUT2D eigenvalue weighted by Crippen LogP contribution is 2.42. The molecule has 6 heteroatoms. The predicted octanol–water partition coefficient (Wildman–Crippen LogP) is 12.6. The molecule has 4 aromatic heterocycles. The molecule has 0 aliphatic rings. The Morgan fingerprint density at radius 2 is 0.946 bits per heavy atom. The van der Waals surface area contributed by atoms with Crippen molar-refractivity contribution in [2.75, 3.05) is 0 Å². The highest BCUT2D eigenvalue weighted by atomic mass is 16.3. The van der Waals surface area contributed by atoms with Gasteiger partial charge in [0.25, 0.3) is 0 Å². The molecule has 11 rings (SSSR count). The number of para-hydroxylation sites is 2. The number of hydrogen-bond acceptors (Lipinski definition) is 5. The van der Waals surface area contributed by atoms with Crippen LogP contribution in [0.15, 0.2) is 193 Å². The molecule has 0 unspecified atom stereocenters. The van der Waals surface area contributed by atoms with Gasteiger partial charge in [0.2, 0.25) is 0 Å². The molecular formula is C50H31N5O. The third-order valence-electron chi connectivity index (χ3n) is 10.5. The minimum Gasteiger partial charge on any atom is -0.456 e. The quantitative estimate of drug-likeness (QED) is 0.171. The maximum atomic E-state index is 6.38. The monoisotopic (exact) mass is 717 g/mol. The first kappa shape index (κ1) is 31.8. The molecule has 262 valence electrons. The van der Waals surface area contributed by atoms with E-state index in [-0.39, 0.29) is 0 Å². The number of nitrogens with zero attached hydrogens (tertiary/aromatic N) is 5. The van der Waals surface area contributed by atoms with Crippen molar-refractivity contribution in [3.8, 4) is 62.2 Å². The van der Waals surface area contributed by atoms with Gasteiger partial charge in [0.1, 0.15) is 17.0 Å². The number of fused-ring (bicyclic) bond motifs is 7. The lowest BCUT2D eigenvalue weighted by molar-refractivity contribution is 0.669. The molecule has 0 amide bonds. The normalized spacial score (nSPS) is 11.6. The van der Waals surface area contributed by atoms with Crippen LogP contribution in [-0.4, -0.2) is 24.5 Å². The molecule has 7 aromatic carbocycles. The number of benzene rings is 7. The standard InChI is InChI=1S/C50H31N5O/c1-4-15-32(16-5-1)35-21-14-22-36(29-35)37-30-40(49-53-47(33-17-6-2-7-18-33)52-48(54-49)34-19-8-3-9-20-34)50(51-31-37)55-41-25-12-10-23-38(41)45-42(55)27-28-44-46(45)39-24-11-13-26-43(39)56-44/h1-31H. The molecule has 6 nitrogen and oxygen atoms in total. The first-order chi connectivity index (χ1) is 27.8. The number of hydrogen-bond donors (Lipinski definition) is 0. The van der Waals surface area contributed by atoms with Gasteiger partial charge in [-0.3, -0.25) is 4.57 Å². The lowest BCUT2D eigenvalue weighted by atomic mass is 9.99. The van der Waals surface area contributed by atoms with Gasteiger partial charge in [-0.15, -0.1) is 0 Å². The molecule has 4 heterocycles. The number of aromatic nitrogens is 5. The van der Waals surface area contributed by atoms with Crippen molar-refractivity contribution >= 4 is 43.7 Å².